The molecule has 6 heteroatoms. The second-order valence-corrected chi connectivity index (χ2v) is 4.84. The summed E-state index contributed by atoms with van der Waals surface area (Å²) in [7, 11) is 1.82. The maximum absolute atomic E-state index is 12.2. The predicted octanol–water partition coefficient (Wildman–Crippen LogP) is 1.25. The summed E-state index contributed by atoms with van der Waals surface area (Å²) in [5.74, 6) is 1.62. The molecule has 19 heavy (non-hydrogen) atoms. The van der Waals surface area contributed by atoms with E-state index in [1.807, 2.05) is 25.8 Å². The topological polar surface area (TPSA) is 70.1 Å². The number of rotatable bonds is 4. The number of anilines is 2. The van der Waals surface area contributed by atoms with Crippen LogP contribution in [0.2, 0.25) is 0 Å². The van der Waals surface area contributed by atoms with E-state index in [2.05, 4.69) is 20.6 Å². The number of hydrogen-bond acceptors (Lipinski definition) is 5. The number of amides is 1. The van der Waals surface area contributed by atoms with Crippen LogP contribution in [-0.4, -0.2) is 47.0 Å². The van der Waals surface area contributed by atoms with Crippen LogP contribution < -0.4 is 10.6 Å². The molecule has 2 rings (SSSR count). The van der Waals surface area contributed by atoms with Gasteiger partial charge in [-0.25, -0.2) is 9.97 Å². The van der Waals surface area contributed by atoms with Crippen molar-refractivity contribution in [1.29, 1.82) is 0 Å². The minimum Gasteiger partial charge on any atom is -0.373 e. The Morgan fingerprint density at radius 1 is 1.32 bits per heavy atom. The molecule has 6 nitrogen and oxygen atoms in total. The minimum absolute atomic E-state index is 0.140. The fourth-order valence-corrected chi connectivity index (χ4v) is 2.33. The lowest BCUT2D eigenvalue weighted by Gasteiger charge is -2.22. The summed E-state index contributed by atoms with van der Waals surface area (Å²) in [6.07, 6.45) is 3.71. The number of likely N-dealkylation sites (tertiary alicyclic amines) is 1. The third-order valence-electron chi connectivity index (χ3n) is 3.46. The molecular weight excluding hydrogens is 242 g/mol. The van der Waals surface area contributed by atoms with E-state index in [-0.39, 0.29) is 11.9 Å². The first kappa shape index (κ1) is 13.6. The van der Waals surface area contributed by atoms with Crippen LogP contribution in [0, 0.1) is 6.92 Å². The minimum atomic E-state index is -0.267. The molecule has 0 bridgehead atoms. The molecule has 1 fully saturated rings. The summed E-state index contributed by atoms with van der Waals surface area (Å²) >= 11 is 0. The Morgan fingerprint density at radius 2 is 1.95 bits per heavy atom. The Kier molecular flexibility index (Phi) is 4.19. The standard InChI is InChI=1S/C13H21N5O/c1-9-11(14-3)15-8-16-12(9)17-10(2)13(19)18-6-4-5-7-18/h8,10H,4-7H2,1-3H3,(H2,14,15,16,17). The molecule has 1 aliphatic heterocycles. The normalized spacial score (nSPS) is 16.3. The molecular formula is C13H21N5O. The summed E-state index contributed by atoms with van der Waals surface area (Å²) in [6, 6.07) is -0.267. The number of hydrogen-bond donors (Lipinski definition) is 2. The molecule has 1 aromatic heterocycles. The third-order valence-corrected chi connectivity index (χ3v) is 3.46. The lowest BCUT2D eigenvalue weighted by molar-refractivity contribution is -0.130. The molecule has 1 aliphatic rings. The van der Waals surface area contributed by atoms with Gasteiger partial charge in [0.05, 0.1) is 0 Å². The summed E-state index contributed by atoms with van der Waals surface area (Å²) in [5, 5.41) is 6.19. The molecule has 1 aromatic rings. The van der Waals surface area contributed by atoms with Crippen LogP contribution >= 0.6 is 0 Å². The molecule has 0 saturated carbocycles. The number of carbonyl (C=O) groups excluding carboxylic acids is 1. The SMILES string of the molecule is CNc1ncnc(NC(C)C(=O)N2CCCC2)c1C. The van der Waals surface area contributed by atoms with E-state index in [0.29, 0.717) is 5.82 Å². The average molecular weight is 263 g/mol. The van der Waals surface area contributed by atoms with Crippen LogP contribution in [0.5, 0.6) is 0 Å². The smallest absolute Gasteiger partial charge is 0.244 e. The Bertz CT molecular complexity index is 456. The Morgan fingerprint density at radius 3 is 2.58 bits per heavy atom. The molecule has 1 amide bonds. The van der Waals surface area contributed by atoms with E-state index in [4.69, 9.17) is 0 Å². The zero-order valence-corrected chi connectivity index (χ0v) is 11.7. The van der Waals surface area contributed by atoms with Gasteiger partial charge in [-0.1, -0.05) is 0 Å². The molecule has 1 unspecified atom stereocenters. The molecule has 104 valence electrons. The van der Waals surface area contributed by atoms with Crippen LogP contribution in [0.25, 0.3) is 0 Å². The van der Waals surface area contributed by atoms with Crippen molar-refractivity contribution in [2.75, 3.05) is 30.8 Å². The maximum Gasteiger partial charge on any atom is 0.244 e. The van der Waals surface area contributed by atoms with Crippen molar-refractivity contribution in [3.8, 4) is 0 Å². The third kappa shape index (κ3) is 2.94. The molecule has 2 heterocycles. The van der Waals surface area contributed by atoms with Crippen LogP contribution in [0.1, 0.15) is 25.3 Å². The molecule has 2 N–H and O–H groups in total. The van der Waals surface area contributed by atoms with Crippen molar-refractivity contribution < 1.29 is 4.79 Å². The first-order chi connectivity index (χ1) is 9.13. The molecule has 0 aliphatic carbocycles. The molecule has 0 aromatic carbocycles. The van der Waals surface area contributed by atoms with Crippen molar-refractivity contribution in [3.63, 3.8) is 0 Å². The Labute approximate surface area is 113 Å². The quantitative estimate of drug-likeness (QED) is 0.855. The van der Waals surface area contributed by atoms with Gasteiger partial charge in [-0.3, -0.25) is 4.79 Å². The Balaban J connectivity index is 2.06. The molecule has 1 saturated heterocycles. The van der Waals surface area contributed by atoms with E-state index < -0.39 is 0 Å². The Hall–Kier alpha value is -1.85. The highest BCUT2D eigenvalue weighted by atomic mass is 16.2. The fraction of sp³-hybridized carbons (Fsp3) is 0.615. The second kappa shape index (κ2) is 5.86. The van der Waals surface area contributed by atoms with Gasteiger partial charge in [0, 0.05) is 25.7 Å². The monoisotopic (exact) mass is 263 g/mol. The van der Waals surface area contributed by atoms with E-state index in [9.17, 15) is 4.79 Å². The van der Waals surface area contributed by atoms with Gasteiger partial charge in [-0.2, -0.15) is 0 Å². The summed E-state index contributed by atoms with van der Waals surface area (Å²) in [6.45, 7) is 5.55. The van der Waals surface area contributed by atoms with E-state index in [0.717, 1.165) is 37.3 Å². The first-order valence-electron chi connectivity index (χ1n) is 6.68. The van der Waals surface area contributed by atoms with Gasteiger partial charge in [0.25, 0.3) is 0 Å². The number of nitrogens with zero attached hydrogens (tertiary/aromatic N) is 3. The molecule has 1 atom stereocenters. The van der Waals surface area contributed by atoms with Crippen LogP contribution in [0.3, 0.4) is 0 Å². The highest BCUT2D eigenvalue weighted by Crippen LogP contribution is 2.19. The number of nitrogens with one attached hydrogen (secondary N) is 2. The van der Waals surface area contributed by atoms with Crippen molar-refractivity contribution >= 4 is 17.5 Å². The van der Waals surface area contributed by atoms with Gasteiger partial charge < -0.3 is 15.5 Å². The van der Waals surface area contributed by atoms with Crippen molar-refractivity contribution in [1.82, 2.24) is 14.9 Å². The van der Waals surface area contributed by atoms with Crippen molar-refractivity contribution in [3.05, 3.63) is 11.9 Å². The number of aromatic nitrogens is 2. The van der Waals surface area contributed by atoms with Crippen LogP contribution in [0.15, 0.2) is 6.33 Å². The second-order valence-electron chi connectivity index (χ2n) is 4.84. The van der Waals surface area contributed by atoms with Gasteiger partial charge in [0.2, 0.25) is 5.91 Å². The van der Waals surface area contributed by atoms with Crippen molar-refractivity contribution in [2.24, 2.45) is 0 Å². The lowest BCUT2D eigenvalue weighted by Crippen LogP contribution is -2.40. The highest BCUT2D eigenvalue weighted by molar-refractivity contribution is 5.84. The van der Waals surface area contributed by atoms with Gasteiger partial charge >= 0.3 is 0 Å². The summed E-state index contributed by atoms with van der Waals surface area (Å²) in [5.41, 5.74) is 0.922. The lowest BCUT2D eigenvalue weighted by atomic mass is 10.2. The summed E-state index contributed by atoms with van der Waals surface area (Å²) < 4.78 is 0. The zero-order chi connectivity index (χ0) is 13.8. The van der Waals surface area contributed by atoms with Gasteiger partial charge in [0.15, 0.2) is 0 Å². The molecule has 0 spiro atoms. The predicted molar refractivity (Wildman–Crippen MR) is 75.2 cm³/mol. The van der Waals surface area contributed by atoms with Gasteiger partial charge in [-0.15, -0.1) is 0 Å². The first-order valence-corrected chi connectivity index (χ1v) is 6.68. The molecule has 0 radical (unpaired) electrons. The average Bonchev–Trinajstić information content (AvgIpc) is 2.94. The number of carbonyl (C=O) groups is 1. The van der Waals surface area contributed by atoms with Gasteiger partial charge in [0.1, 0.15) is 24.0 Å². The largest absolute Gasteiger partial charge is 0.373 e. The van der Waals surface area contributed by atoms with Gasteiger partial charge in [-0.05, 0) is 26.7 Å². The van der Waals surface area contributed by atoms with E-state index in [1.54, 1.807) is 0 Å². The van der Waals surface area contributed by atoms with E-state index in [1.165, 1.54) is 6.33 Å². The van der Waals surface area contributed by atoms with E-state index >= 15 is 0 Å². The maximum atomic E-state index is 12.2. The van der Waals surface area contributed by atoms with Crippen LogP contribution in [0.4, 0.5) is 11.6 Å². The zero-order valence-electron chi connectivity index (χ0n) is 11.7. The summed E-state index contributed by atoms with van der Waals surface area (Å²) in [4.78, 5) is 22.5. The fourth-order valence-electron chi connectivity index (χ4n) is 2.33. The van der Waals surface area contributed by atoms with Crippen molar-refractivity contribution in [2.45, 2.75) is 32.7 Å². The highest BCUT2D eigenvalue weighted by Gasteiger charge is 2.23. The van der Waals surface area contributed by atoms with Crippen LogP contribution in [-0.2, 0) is 4.79 Å².